The lowest BCUT2D eigenvalue weighted by Crippen LogP contribution is -1.75. The molecule has 1 aliphatic heterocycles. The van der Waals surface area contributed by atoms with E-state index in [1.807, 2.05) is 12.1 Å². The molecule has 0 bridgehead atoms. The molecule has 4 heteroatoms. The van der Waals surface area contributed by atoms with E-state index in [0.29, 0.717) is 5.69 Å². The summed E-state index contributed by atoms with van der Waals surface area (Å²) in [5.74, 6) is 2.50. The van der Waals surface area contributed by atoms with Crippen molar-refractivity contribution in [2.45, 2.75) is 0 Å². The smallest absolute Gasteiger partial charge is 0.141 e. The monoisotopic (exact) mass is 211 g/mol. The Kier molecular flexibility index (Phi) is 2.80. The molecule has 2 rings (SSSR count). The number of hydrogen-bond donors (Lipinski definition) is 1. The molecule has 0 unspecified atom stereocenters. The number of aromatic hydroxyl groups is 1. The molecule has 0 spiro atoms. The molecular weight excluding hydrogens is 202 g/mol. The van der Waals surface area contributed by atoms with E-state index in [9.17, 15) is 5.11 Å². The third kappa shape index (κ3) is 2.19. The second kappa shape index (κ2) is 4.07. The first-order valence-electron chi connectivity index (χ1n) is 3.98. The molecule has 1 N–H and O–H groups in total. The summed E-state index contributed by atoms with van der Waals surface area (Å²) >= 11 is 3.50. The molecule has 0 aromatic heterocycles. The summed E-state index contributed by atoms with van der Waals surface area (Å²) in [6, 6.07) is 7.16. The Balaban J connectivity index is 2.25. The summed E-state index contributed by atoms with van der Waals surface area (Å²) in [6.45, 7) is 0. The fourth-order valence-corrected chi connectivity index (χ4v) is 3.20. The highest BCUT2D eigenvalue weighted by molar-refractivity contribution is 8.41. The minimum absolute atomic E-state index is 0.253. The van der Waals surface area contributed by atoms with Crippen molar-refractivity contribution >= 4 is 33.6 Å². The summed E-state index contributed by atoms with van der Waals surface area (Å²) < 4.78 is 1.06. The largest absolute Gasteiger partial charge is 0.506 e. The van der Waals surface area contributed by atoms with Gasteiger partial charge in [0.2, 0.25) is 0 Å². The van der Waals surface area contributed by atoms with Crippen molar-refractivity contribution in [3.63, 3.8) is 0 Å². The van der Waals surface area contributed by atoms with Crippen molar-refractivity contribution in [1.82, 2.24) is 0 Å². The van der Waals surface area contributed by atoms with Crippen LogP contribution in [0.4, 0.5) is 5.69 Å². The molecule has 1 fully saturated rings. The second-order valence-electron chi connectivity index (χ2n) is 2.56. The van der Waals surface area contributed by atoms with Crippen LogP contribution in [0.15, 0.2) is 29.3 Å². The number of phenols is 1. The molecule has 1 heterocycles. The molecule has 1 aromatic rings. The van der Waals surface area contributed by atoms with Crippen LogP contribution in [0.3, 0.4) is 0 Å². The molecule has 0 atom stereocenters. The lowest BCUT2D eigenvalue weighted by molar-refractivity contribution is 0.477. The third-order valence-corrected chi connectivity index (χ3v) is 4.09. The van der Waals surface area contributed by atoms with Crippen molar-refractivity contribution in [2.75, 3.05) is 11.5 Å². The molecule has 68 valence electrons. The molecule has 1 aromatic carbocycles. The van der Waals surface area contributed by atoms with E-state index in [1.165, 1.54) is 0 Å². The van der Waals surface area contributed by atoms with Crippen molar-refractivity contribution in [2.24, 2.45) is 4.99 Å². The Bertz CT molecular complexity index is 330. The van der Waals surface area contributed by atoms with E-state index in [4.69, 9.17) is 0 Å². The van der Waals surface area contributed by atoms with Crippen LogP contribution < -0.4 is 0 Å². The van der Waals surface area contributed by atoms with Crippen molar-refractivity contribution in [3.05, 3.63) is 24.3 Å². The average molecular weight is 211 g/mol. The van der Waals surface area contributed by atoms with Gasteiger partial charge in [-0.05, 0) is 12.1 Å². The normalized spacial score (nSPS) is 16.2. The maximum atomic E-state index is 9.45. The van der Waals surface area contributed by atoms with E-state index in [0.717, 1.165) is 15.9 Å². The summed E-state index contributed by atoms with van der Waals surface area (Å²) in [4.78, 5) is 4.35. The van der Waals surface area contributed by atoms with E-state index in [1.54, 1.807) is 35.7 Å². The number of para-hydroxylation sites is 2. The Morgan fingerprint density at radius 1 is 1.15 bits per heavy atom. The fourth-order valence-electron chi connectivity index (χ4n) is 1.02. The first-order valence-corrected chi connectivity index (χ1v) is 5.95. The van der Waals surface area contributed by atoms with Gasteiger partial charge in [0.05, 0.1) is 0 Å². The van der Waals surface area contributed by atoms with Gasteiger partial charge in [-0.15, -0.1) is 0 Å². The highest BCUT2D eigenvalue weighted by Gasteiger charge is 2.10. The molecule has 13 heavy (non-hydrogen) atoms. The first kappa shape index (κ1) is 8.97. The van der Waals surface area contributed by atoms with Crippen molar-refractivity contribution in [1.29, 1.82) is 0 Å². The Labute approximate surface area is 85.5 Å². The van der Waals surface area contributed by atoms with E-state index >= 15 is 0 Å². The predicted octanol–water partition coefficient (Wildman–Crippen LogP) is 2.86. The summed E-state index contributed by atoms with van der Waals surface area (Å²) in [7, 11) is 0. The van der Waals surface area contributed by atoms with Gasteiger partial charge in [0.15, 0.2) is 0 Å². The second-order valence-corrected chi connectivity index (χ2v) is 4.99. The fraction of sp³-hybridized carbons (Fsp3) is 0.222. The van der Waals surface area contributed by atoms with Crippen LogP contribution in [-0.2, 0) is 0 Å². The lowest BCUT2D eigenvalue weighted by atomic mass is 10.3. The topological polar surface area (TPSA) is 32.6 Å². The maximum Gasteiger partial charge on any atom is 0.141 e. The molecule has 1 saturated heterocycles. The molecule has 2 nitrogen and oxygen atoms in total. The van der Waals surface area contributed by atoms with Gasteiger partial charge in [-0.3, -0.25) is 0 Å². The Hall–Kier alpha value is -0.610. The van der Waals surface area contributed by atoms with Gasteiger partial charge in [0.1, 0.15) is 15.8 Å². The SMILES string of the molecule is Oc1ccccc1N=C1SCCS1. The van der Waals surface area contributed by atoms with Crippen LogP contribution in [0, 0.1) is 0 Å². The van der Waals surface area contributed by atoms with Gasteiger partial charge in [-0.2, -0.15) is 0 Å². The predicted molar refractivity (Wildman–Crippen MR) is 60.1 cm³/mol. The summed E-state index contributed by atoms with van der Waals surface area (Å²) in [5.41, 5.74) is 0.666. The van der Waals surface area contributed by atoms with Gasteiger partial charge >= 0.3 is 0 Å². The highest BCUT2D eigenvalue weighted by atomic mass is 32.2. The number of aliphatic imine (C=N–C) groups is 1. The lowest BCUT2D eigenvalue weighted by Gasteiger charge is -1.98. The Morgan fingerprint density at radius 2 is 1.85 bits per heavy atom. The number of phenolic OH excluding ortho intramolecular Hbond substituents is 1. The van der Waals surface area contributed by atoms with Gasteiger partial charge in [0, 0.05) is 11.5 Å². The van der Waals surface area contributed by atoms with Gasteiger partial charge in [0.25, 0.3) is 0 Å². The van der Waals surface area contributed by atoms with Gasteiger partial charge in [-0.1, -0.05) is 35.7 Å². The van der Waals surface area contributed by atoms with Crippen LogP contribution in [-0.4, -0.2) is 21.0 Å². The zero-order chi connectivity index (χ0) is 9.10. The first-order chi connectivity index (χ1) is 6.36. The number of hydrogen-bond acceptors (Lipinski definition) is 4. The van der Waals surface area contributed by atoms with E-state index < -0.39 is 0 Å². The summed E-state index contributed by atoms with van der Waals surface area (Å²) in [5, 5.41) is 9.45. The van der Waals surface area contributed by atoms with Crippen LogP contribution in [0.1, 0.15) is 0 Å². The van der Waals surface area contributed by atoms with E-state index in [2.05, 4.69) is 4.99 Å². The molecule has 0 amide bonds. The van der Waals surface area contributed by atoms with Crippen LogP contribution in [0.2, 0.25) is 0 Å². The highest BCUT2D eigenvalue weighted by Crippen LogP contribution is 2.32. The number of thioether (sulfide) groups is 2. The van der Waals surface area contributed by atoms with Crippen molar-refractivity contribution in [3.8, 4) is 5.75 Å². The van der Waals surface area contributed by atoms with Crippen LogP contribution in [0.25, 0.3) is 0 Å². The number of rotatable bonds is 1. The molecule has 1 aliphatic rings. The molecule has 0 saturated carbocycles. The minimum Gasteiger partial charge on any atom is -0.506 e. The maximum absolute atomic E-state index is 9.45. The van der Waals surface area contributed by atoms with Gasteiger partial charge < -0.3 is 5.11 Å². The van der Waals surface area contributed by atoms with Crippen LogP contribution >= 0.6 is 23.5 Å². The molecule has 0 aliphatic carbocycles. The third-order valence-electron chi connectivity index (χ3n) is 1.63. The molecule has 0 radical (unpaired) electrons. The zero-order valence-electron chi connectivity index (χ0n) is 6.93. The average Bonchev–Trinajstić information content (AvgIpc) is 2.61. The number of nitrogens with zero attached hydrogens (tertiary/aromatic N) is 1. The standard InChI is InChI=1S/C9H9NOS2/c11-8-4-2-1-3-7(8)10-9-12-5-6-13-9/h1-4,11H,5-6H2. The minimum atomic E-state index is 0.253. The van der Waals surface area contributed by atoms with E-state index in [-0.39, 0.29) is 5.75 Å². The quantitative estimate of drug-likeness (QED) is 0.775. The van der Waals surface area contributed by atoms with Crippen molar-refractivity contribution < 1.29 is 5.11 Å². The Morgan fingerprint density at radius 3 is 2.54 bits per heavy atom. The summed E-state index contributed by atoms with van der Waals surface area (Å²) in [6.07, 6.45) is 0. The zero-order valence-corrected chi connectivity index (χ0v) is 8.57. The molecular formula is C9H9NOS2. The van der Waals surface area contributed by atoms with Gasteiger partial charge in [-0.25, -0.2) is 4.99 Å². The van der Waals surface area contributed by atoms with Crippen LogP contribution in [0.5, 0.6) is 5.75 Å². The number of benzene rings is 1.